The van der Waals surface area contributed by atoms with Gasteiger partial charge in [-0.25, -0.2) is 8.42 Å². The zero-order valence-electron chi connectivity index (χ0n) is 11.1. The predicted octanol–water partition coefficient (Wildman–Crippen LogP) is 1.24. The Bertz CT molecular complexity index is 555. The van der Waals surface area contributed by atoms with Gasteiger partial charge in [0, 0.05) is 18.7 Å². The molecule has 0 amide bonds. The molecule has 0 spiro atoms. The molecule has 1 N–H and O–H groups in total. The van der Waals surface area contributed by atoms with Crippen LogP contribution in [0.2, 0.25) is 0 Å². The molecule has 1 aromatic rings. The minimum atomic E-state index is -3.42. The van der Waals surface area contributed by atoms with Crippen LogP contribution in [0.5, 0.6) is 0 Å². The first-order valence-electron chi connectivity index (χ1n) is 6.60. The Morgan fingerprint density at radius 1 is 1.40 bits per heavy atom. The van der Waals surface area contributed by atoms with Crippen LogP contribution in [0.25, 0.3) is 0 Å². The van der Waals surface area contributed by atoms with Gasteiger partial charge in [0.25, 0.3) is 0 Å². The maximum Gasteiger partial charge on any atom is 0.303 e. The highest BCUT2D eigenvalue weighted by Crippen LogP contribution is 2.31. The van der Waals surface area contributed by atoms with E-state index in [-0.39, 0.29) is 31.2 Å². The summed E-state index contributed by atoms with van der Waals surface area (Å²) in [7, 11) is -3.42. The lowest BCUT2D eigenvalue weighted by atomic mass is 10.3. The number of sulfonamides is 1. The smallest absolute Gasteiger partial charge is 0.303 e. The van der Waals surface area contributed by atoms with Gasteiger partial charge in [-0.15, -0.1) is 0 Å². The van der Waals surface area contributed by atoms with Gasteiger partial charge in [-0.2, -0.15) is 4.31 Å². The van der Waals surface area contributed by atoms with Crippen molar-refractivity contribution < 1.29 is 18.3 Å². The molecule has 0 radical (unpaired) electrons. The SMILES string of the molecule is O=C(O)CCCS(=O)(=O)N(Cc1ccccn1)C1CC1. The summed E-state index contributed by atoms with van der Waals surface area (Å²) in [6.07, 6.45) is 3.39. The molecule has 20 heavy (non-hydrogen) atoms. The van der Waals surface area contributed by atoms with Crippen molar-refractivity contribution in [2.45, 2.75) is 38.3 Å². The third-order valence-corrected chi connectivity index (χ3v) is 5.09. The quantitative estimate of drug-likeness (QED) is 0.780. The second kappa shape index (κ2) is 6.32. The molecular weight excluding hydrogens is 280 g/mol. The van der Waals surface area contributed by atoms with Gasteiger partial charge in [0.05, 0.1) is 18.0 Å². The van der Waals surface area contributed by atoms with Crippen LogP contribution in [0.15, 0.2) is 24.4 Å². The largest absolute Gasteiger partial charge is 0.481 e. The second-order valence-corrected chi connectivity index (χ2v) is 6.95. The van der Waals surface area contributed by atoms with Crippen molar-refractivity contribution in [1.29, 1.82) is 0 Å². The van der Waals surface area contributed by atoms with Crippen molar-refractivity contribution >= 4 is 16.0 Å². The Morgan fingerprint density at radius 3 is 2.70 bits per heavy atom. The lowest BCUT2D eigenvalue weighted by Gasteiger charge is -2.21. The van der Waals surface area contributed by atoms with Crippen LogP contribution < -0.4 is 0 Å². The van der Waals surface area contributed by atoms with Gasteiger partial charge in [-0.05, 0) is 31.4 Å². The third kappa shape index (κ3) is 4.28. The standard InChI is InChI=1S/C13H18N2O4S/c16-13(17)5-3-9-20(18,19)15(12-6-7-12)10-11-4-1-2-8-14-11/h1-2,4,8,12H,3,5-7,9-10H2,(H,16,17). The minimum Gasteiger partial charge on any atom is -0.481 e. The fourth-order valence-corrected chi connectivity index (χ4v) is 3.73. The van der Waals surface area contributed by atoms with E-state index in [1.807, 2.05) is 6.07 Å². The number of nitrogens with zero attached hydrogens (tertiary/aromatic N) is 2. The molecule has 0 aliphatic heterocycles. The average molecular weight is 298 g/mol. The van der Waals surface area contributed by atoms with E-state index in [1.165, 1.54) is 4.31 Å². The second-order valence-electron chi connectivity index (χ2n) is 4.91. The number of aromatic nitrogens is 1. The highest BCUT2D eigenvalue weighted by atomic mass is 32.2. The summed E-state index contributed by atoms with van der Waals surface area (Å²) in [4.78, 5) is 14.6. The van der Waals surface area contributed by atoms with Crippen LogP contribution in [0.4, 0.5) is 0 Å². The Balaban J connectivity index is 2.02. The predicted molar refractivity (Wildman–Crippen MR) is 73.5 cm³/mol. The fraction of sp³-hybridized carbons (Fsp3) is 0.538. The van der Waals surface area contributed by atoms with Crippen LogP contribution >= 0.6 is 0 Å². The number of carbonyl (C=O) groups is 1. The third-order valence-electron chi connectivity index (χ3n) is 3.15. The first-order valence-corrected chi connectivity index (χ1v) is 8.21. The van der Waals surface area contributed by atoms with Crippen LogP contribution in [0, 0.1) is 0 Å². The number of aliphatic carboxylic acids is 1. The van der Waals surface area contributed by atoms with E-state index in [4.69, 9.17) is 5.11 Å². The number of hydrogen-bond acceptors (Lipinski definition) is 4. The van der Waals surface area contributed by atoms with Crippen molar-refractivity contribution in [1.82, 2.24) is 9.29 Å². The molecule has 1 fully saturated rings. The van der Waals surface area contributed by atoms with E-state index >= 15 is 0 Å². The Morgan fingerprint density at radius 2 is 2.15 bits per heavy atom. The van der Waals surface area contributed by atoms with E-state index in [2.05, 4.69) is 4.98 Å². The zero-order valence-corrected chi connectivity index (χ0v) is 11.9. The van der Waals surface area contributed by atoms with Crippen molar-refractivity contribution in [2.75, 3.05) is 5.75 Å². The van der Waals surface area contributed by atoms with E-state index in [1.54, 1.807) is 18.3 Å². The summed E-state index contributed by atoms with van der Waals surface area (Å²) in [5, 5.41) is 8.59. The van der Waals surface area contributed by atoms with Crippen molar-refractivity contribution in [3.05, 3.63) is 30.1 Å². The van der Waals surface area contributed by atoms with Crippen molar-refractivity contribution in [2.24, 2.45) is 0 Å². The first kappa shape index (κ1) is 14.9. The Labute approximate surface area is 118 Å². The van der Waals surface area contributed by atoms with Gasteiger partial charge in [-0.1, -0.05) is 6.07 Å². The molecule has 7 heteroatoms. The lowest BCUT2D eigenvalue weighted by molar-refractivity contribution is -0.137. The topological polar surface area (TPSA) is 87.6 Å². The van der Waals surface area contributed by atoms with Crippen LogP contribution in [0.1, 0.15) is 31.4 Å². The molecule has 1 saturated carbocycles. The highest BCUT2D eigenvalue weighted by Gasteiger charge is 2.37. The molecule has 1 aliphatic carbocycles. The van der Waals surface area contributed by atoms with Gasteiger partial charge in [-0.3, -0.25) is 9.78 Å². The zero-order chi connectivity index (χ0) is 14.6. The molecule has 6 nitrogen and oxygen atoms in total. The lowest BCUT2D eigenvalue weighted by Crippen LogP contribution is -2.34. The molecule has 0 bridgehead atoms. The molecular formula is C13H18N2O4S. The molecule has 1 heterocycles. The molecule has 110 valence electrons. The number of hydrogen-bond donors (Lipinski definition) is 1. The molecule has 0 aromatic carbocycles. The Kier molecular flexibility index (Phi) is 4.72. The molecule has 0 atom stereocenters. The molecule has 1 aliphatic rings. The van der Waals surface area contributed by atoms with Crippen LogP contribution in [-0.4, -0.2) is 40.6 Å². The van der Waals surface area contributed by atoms with Gasteiger partial charge in [0.2, 0.25) is 10.0 Å². The number of pyridine rings is 1. The maximum atomic E-state index is 12.3. The van der Waals surface area contributed by atoms with Gasteiger partial charge in [0.1, 0.15) is 0 Å². The summed E-state index contributed by atoms with van der Waals surface area (Å²) >= 11 is 0. The van der Waals surface area contributed by atoms with E-state index in [9.17, 15) is 13.2 Å². The molecule has 2 rings (SSSR count). The highest BCUT2D eigenvalue weighted by molar-refractivity contribution is 7.89. The van der Waals surface area contributed by atoms with Gasteiger partial charge < -0.3 is 5.11 Å². The average Bonchev–Trinajstić information content (AvgIpc) is 3.20. The molecule has 0 unspecified atom stereocenters. The normalized spacial score (nSPS) is 15.4. The number of rotatable bonds is 8. The van der Waals surface area contributed by atoms with E-state index < -0.39 is 16.0 Å². The van der Waals surface area contributed by atoms with Crippen LogP contribution in [0.3, 0.4) is 0 Å². The molecule has 1 aromatic heterocycles. The summed E-state index contributed by atoms with van der Waals surface area (Å²) in [6, 6.07) is 5.45. The summed E-state index contributed by atoms with van der Waals surface area (Å²) in [6.45, 7) is 0.265. The fourth-order valence-electron chi connectivity index (χ4n) is 1.99. The van der Waals surface area contributed by atoms with Crippen LogP contribution in [-0.2, 0) is 21.4 Å². The van der Waals surface area contributed by atoms with Crippen molar-refractivity contribution in [3.8, 4) is 0 Å². The molecule has 0 saturated heterocycles. The monoisotopic (exact) mass is 298 g/mol. The van der Waals surface area contributed by atoms with E-state index in [0.29, 0.717) is 5.69 Å². The van der Waals surface area contributed by atoms with E-state index in [0.717, 1.165) is 12.8 Å². The number of carboxylic acids is 1. The first-order chi connectivity index (χ1) is 9.49. The minimum absolute atomic E-state index is 0.0480. The summed E-state index contributed by atoms with van der Waals surface area (Å²) in [5.41, 5.74) is 0.709. The summed E-state index contributed by atoms with van der Waals surface area (Å²) < 4.78 is 26.1. The van der Waals surface area contributed by atoms with Gasteiger partial charge >= 0.3 is 5.97 Å². The Hall–Kier alpha value is -1.47. The summed E-state index contributed by atoms with van der Waals surface area (Å²) in [5.74, 6) is -1.09. The van der Waals surface area contributed by atoms with Crippen molar-refractivity contribution in [3.63, 3.8) is 0 Å². The van der Waals surface area contributed by atoms with Gasteiger partial charge in [0.15, 0.2) is 0 Å². The number of carboxylic acid groups (broad SMARTS) is 1. The maximum absolute atomic E-state index is 12.3.